The molecule has 4 rings (SSSR count). The number of carboxylic acid groups (broad SMARTS) is 2. The van der Waals surface area contributed by atoms with Gasteiger partial charge in [-0.1, -0.05) is 0 Å². The Kier molecular flexibility index (Phi) is 8.73. The topological polar surface area (TPSA) is 133 Å². The number of anilines is 2. The van der Waals surface area contributed by atoms with Crippen molar-refractivity contribution in [1.29, 1.82) is 0 Å². The zero-order valence-corrected chi connectivity index (χ0v) is 23.0. The number of hydrogen-bond acceptors (Lipinski definition) is 4. The molecule has 0 saturated carbocycles. The van der Waals surface area contributed by atoms with Crippen molar-refractivity contribution in [2.45, 2.75) is 0 Å². The van der Waals surface area contributed by atoms with Gasteiger partial charge in [0.1, 0.15) is 0 Å². The fraction of sp³-hybridized carbons (Fsp3) is 0. The summed E-state index contributed by atoms with van der Waals surface area (Å²) in [4.78, 5) is 47.8. The molecule has 4 N–H and O–H groups in total. The second-order valence-electron chi connectivity index (χ2n) is 7.83. The van der Waals surface area contributed by atoms with E-state index in [1.54, 1.807) is 48.5 Å². The third-order valence-corrected chi connectivity index (χ3v) is 12.5. The molecular weight excluding hydrogens is 618 g/mol. The average Bonchev–Trinajstić information content (AvgIpc) is 2.93. The molecule has 0 radical (unpaired) electrons. The van der Waals surface area contributed by atoms with Gasteiger partial charge in [0.2, 0.25) is 0 Å². The zero-order chi connectivity index (χ0) is 27.1. The summed E-state index contributed by atoms with van der Waals surface area (Å²) in [5.41, 5.74) is 1.25. The molecule has 0 saturated heterocycles. The van der Waals surface area contributed by atoms with E-state index in [1.165, 1.54) is 24.3 Å². The number of carbonyl (C=O) groups is 4. The van der Waals surface area contributed by atoms with E-state index in [2.05, 4.69) is 10.6 Å². The van der Waals surface area contributed by atoms with Gasteiger partial charge < -0.3 is 0 Å². The summed E-state index contributed by atoms with van der Waals surface area (Å²) in [6.07, 6.45) is 0. The molecule has 0 spiro atoms. The van der Waals surface area contributed by atoms with Crippen molar-refractivity contribution < 1.29 is 29.4 Å². The molecule has 0 heterocycles. The van der Waals surface area contributed by atoms with E-state index in [1.807, 2.05) is 24.3 Å². The average molecular weight is 638 g/mol. The molecule has 4 aromatic rings. The standard InChI is InChI=1S/C28H20N2O6Se2/c31-25(21-5-1-3-7-23(21)27(33)34)29-17-9-13-19(14-10-17)37-38-20-15-11-18(12-16-20)30-26(32)22-6-2-4-8-24(22)28(35)36/h1-16H,(H,29,31)(H,30,32)(H,33,34)(H,35,36). The summed E-state index contributed by atoms with van der Waals surface area (Å²) >= 11 is 0.354. The Balaban J connectivity index is 1.32. The Morgan fingerprint density at radius 2 is 0.789 bits per heavy atom. The summed E-state index contributed by atoms with van der Waals surface area (Å²) in [5, 5.41) is 24.1. The van der Waals surface area contributed by atoms with E-state index in [0.717, 1.165) is 8.92 Å². The number of aromatic carboxylic acids is 2. The van der Waals surface area contributed by atoms with Crippen LogP contribution in [0.15, 0.2) is 97.1 Å². The van der Waals surface area contributed by atoms with Crippen LogP contribution in [0.2, 0.25) is 0 Å². The van der Waals surface area contributed by atoms with Crippen molar-refractivity contribution in [2.24, 2.45) is 0 Å². The summed E-state index contributed by atoms with van der Waals surface area (Å²) in [5.74, 6) is -3.28. The predicted octanol–water partition coefficient (Wildman–Crippen LogP) is 2.86. The molecule has 0 unspecified atom stereocenters. The van der Waals surface area contributed by atoms with Crippen molar-refractivity contribution in [3.63, 3.8) is 0 Å². The monoisotopic (exact) mass is 640 g/mol. The van der Waals surface area contributed by atoms with Crippen molar-refractivity contribution in [3.8, 4) is 0 Å². The molecule has 0 aliphatic rings. The molecule has 0 fully saturated rings. The first-order chi connectivity index (χ1) is 18.3. The second kappa shape index (κ2) is 12.4. The number of benzene rings is 4. The summed E-state index contributed by atoms with van der Waals surface area (Å²) < 4.78 is 2.29. The van der Waals surface area contributed by atoms with Crippen LogP contribution in [0.1, 0.15) is 41.4 Å². The number of amides is 2. The van der Waals surface area contributed by atoms with Crippen molar-refractivity contribution in [3.05, 3.63) is 119 Å². The minimum absolute atomic E-state index is 0.0525. The molecular formula is C28H20N2O6Se2. The predicted molar refractivity (Wildman–Crippen MR) is 146 cm³/mol. The number of carboxylic acids is 2. The molecule has 0 bridgehead atoms. The number of carbonyl (C=O) groups excluding carboxylic acids is 2. The van der Waals surface area contributed by atoms with Gasteiger partial charge in [-0.25, -0.2) is 0 Å². The molecule has 38 heavy (non-hydrogen) atoms. The fourth-order valence-electron chi connectivity index (χ4n) is 3.42. The Bertz CT molecular complexity index is 1390. The van der Waals surface area contributed by atoms with Crippen molar-refractivity contribution >= 4 is 70.3 Å². The SMILES string of the molecule is O=C(O)c1ccccc1C(=O)Nc1ccc([Se][Se]c2ccc(NC(=O)c3ccccc3C(=O)O)cc2)cc1. The Morgan fingerprint density at radius 1 is 0.474 bits per heavy atom. The van der Waals surface area contributed by atoms with E-state index in [0.29, 0.717) is 11.4 Å². The van der Waals surface area contributed by atoms with Crippen molar-refractivity contribution in [2.75, 3.05) is 10.6 Å². The van der Waals surface area contributed by atoms with Crippen LogP contribution in [0.5, 0.6) is 0 Å². The van der Waals surface area contributed by atoms with Crippen LogP contribution in [0.4, 0.5) is 11.4 Å². The maximum atomic E-state index is 12.5. The Morgan fingerprint density at radius 3 is 1.11 bits per heavy atom. The molecule has 2 amide bonds. The van der Waals surface area contributed by atoms with Gasteiger partial charge in [0.25, 0.3) is 0 Å². The van der Waals surface area contributed by atoms with Crippen LogP contribution in [-0.4, -0.2) is 60.2 Å². The van der Waals surface area contributed by atoms with Crippen LogP contribution in [0.25, 0.3) is 0 Å². The number of hydrogen-bond donors (Lipinski definition) is 4. The number of nitrogens with one attached hydrogen (secondary N) is 2. The van der Waals surface area contributed by atoms with Gasteiger partial charge in [0.05, 0.1) is 0 Å². The van der Waals surface area contributed by atoms with E-state index in [-0.39, 0.29) is 48.5 Å². The Hall–Kier alpha value is -4.20. The third kappa shape index (κ3) is 6.76. The molecule has 0 aromatic heterocycles. The first kappa shape index (κ1) is 26.9. The van der Waals surface area contributed by atoms with E-state index >= 15 is 0 Å². The van der Waals surface area contributed by atoms with E-state index in [4.69, 9.17) is 0 Å². The van der Waals surface area contributed by atoms with E-state index in [9.17, 15) is 29.4 Å². The summed E-state index contributed by atoms with van der Waals surface area (Å²) in [6, 6.07) is 27.1. The molecule has 4 aromatic carbocycles. The zero-order valence-electron chi connectivity index (χ0n) is 19.6. The first-order valence-electron chi connectivity index (χ1n) is 11.1. The summed E-state index contributed by atoms with van der Waals surface area (Å²) in [7, 11) is 0. The normalized spacial score (nSPS) is 10.4. The molecule has 10 heteroatoms. The van der Waals surface area contributed by atoms with E-state index < -0.39 is 23.8 Å². The van der Waals surface area contributed by atoms with Gasteiger partial charge >= 0.3 is 230 Å². The third-order valence-electron chi connectivity index (χ3n) is 5.26. The molecule has 0 atom stereocenters. The van der Waals surface area contributed by atoms with Crippen LogP contribution in [0.3, 0.4) is 0 Å². The maximum absolute atomic E-state index is 12.5. The van der Waals surface area contributed by atoms with Gasteiger partial charge in [0, 0.05) is 0 Å². The fourth-order valence-corrected chi connectivity index (χ4v) is 9.38. The van der Waals surface area contributed by atoms with Crippen LogP contribution >= 0.6 is 0 Å². The molecule has 0 aliphatic carbocycles. The molecule has 190 valence electrons. The van der Waals surface area contributed by atoms with Gasteiger partial charge in [-0.05, 0) is 0 Å². The van der Waals surface area contributed by atoms with Crippen LogP contribution in [0, 0.1) is 0 Å². The quantitative estimate of drug-likeness (QED) is 0.209. The molecule has 0 aliphatic heterocycles. The van der Waals surface area contributed by atoms with Crippen LogP contribution in [-0.2, 0) is 0 Å². The molecule has 8 nitrogen and oxygen atoms in total. The van der Waals surface area contributed by atoms with Gasteiger partial charge in [-0.2, -0.15) is 0 Å². The van der Waals surface area contributed by atoms with Gasteiger partial charge in [-0.15, -0.1) is 0 Å². The second-order valence-corrected chi connectivity index (χ2v) is 14.1. The van der Waals surface area contributed by atoms with Gasteiger partial charge in [-0.3, -0.25) is 0 Å². The first-order valence-corrected chi connectivity index (χ1v) is 17.2. The Labute approximate surface area is 229 Å². The van der Waals surface area contributed by atoms with Crippen LogP contribution < -0.4 is 19.6 Å². The minimum atomic E-state index is -1.16. The number of rotatable bonds is 9. The van der Waals surface area contributed by atoms with Crippen molar-refractivity contribution in [1.82, 2.24) is 0 Å². The summed E-state index contributed by atoms with van der Waals surface area (Å²) in [6.45, 7) is 0. The van der Waals surface area contributed by atoms with Gasteiger partial charge in [0.15, 0.2) is 0 Å².